The standard InChI is InChI=1S/C26H24N4O4S/c1-3-18-9-11-20(12-10-18)22-16-35-26(27-22)28-24(32)17(2)34-25(33)21-13-14-23(31)30(29-21)15-19-7-5-4-6-8-19/h4-14,16-17H,3,15H2,1-2H3,(H,27,28,32)/t17-/m1/s1. The summed E-state index contributed by atoms with van der Waals surface area (Å²) >= 11 is 1.29. The van der Waals surface area contributed by atoms with E-state index in [0.29, 0.717) is 5.13 Å². The molecular formula is C26H24N4O4S. The predicted octanol–water partition coefficient (Wildman–Crippen LogP) is 4.16. The molecule has 0 bridgehead atoms. The number of hydrogen-bond donors (Lipinski definition) is 1. The first-order chi connectivity index (χ1) is 16.9. The Morgan fingerprint density at radius 2 is 1.77 bits per heavy atom. The van der Waals surface area contributed by atoms with Crippen LogP contribution in [0.1, 0.15) is 35.5 Å². The zero-order valence-corrected chi connectivity index (χ0v) is 20.1. The van der Waals surface area contributed by atoms with E-state index in [1.807, 2.05) is 60.0 Å². The number of rotatable bonds is 8. The highest BCUT2D eigenvalue weighted by molar-refractivity contribution is 7.14. The second kappa shape index (κ2) is 10.9. The third-order valence-electron chi connectivity index (χ3n) is 5.30. The fraction of sp³-hybridized carbons (Fsp3) is 0.192. The summed E-state index contributed by atoms with van der Waals surface area (Å²) in [5.74, 6) is -1.32. The topological polar surface area (TPSA) is 103 Å². The van der Waals surface area contributed by atoms with Crippen LogP contribution in [-0.2, 0) is 22.5 Å². The van der Waals surface area contributed by atoms with E-state index in [-0.39, 0.29) is 17.8 Å². The number of hydrogen-bond acceptors (Lipinski definition) is 7. The molecule has 4 rings (SSSR count). The second-order valence-corrected chi connectivity index (χ2v) is 8.68. The van der Waals surface area contributed by atoms with Crippen molar-refractivity contribution in [3.63, 3.8) is 0 Å². The van der Waals surface area contributed by atoms with Crippen LogP contribution in [0.2, 0.25) is 0 Å². The maximum atomic E-state index is 12.6. The van der Waals surface area contributed by atoms with Crippen LogP contribution in [0.3, 0.4) is 0 Å². The molecule has 178 valence electrons. The summed E-state index contributed by atoms with van der Waals surface area (Å²) in [5.41, 5.74) is 3.40. The summed E-state index contributed by atoms with van der Waals surface area (Å²) in [5, 5.41) is 9.04. The Kier molecular flexibility index (Phi) is 7.47. The molecule has 2 heterocycles. The van der Waals surface area contributed by atoms with Crippen molar-refractivity contribution in [3.8, 4) is 11.3 Å². The van der Waals surface area contributed by atoms with E-state index in [0.717, 1.165) is 23.2 Å². The monoisotopic (exact) mass is 488 g/mol. The second-order valence-electron chi connectivity index (χ2n) is 7.83. The molecule has 0 aliphatic rings. The molecule has 2 aromatic carbocycles. The lowest BCUT2D eigenvalue weighted by Gasteiger charge is -2.12. The molecule has 0 saturated carbocycles. The Bertz CT molecular complexity index is 1380. The Morgan fingerprint density at radius 1 is 1.03 bits per heavy atom. The molecule has 0 radical (unpaired) electrons. The largest absolute Gasteiger partial charge is 0.448 e. The summed E-state index contributed by atoms with van der Waals surface area (Å²) in [6.45, 7) is 3.77. The predicted molar refractivity (Wildman–Crippen MR) is 134 cm³/mol. The van der Waals surface area contributed by atoms with Crippen LogP contribution in [0.5, 0.6) is 0 Å². The molecule has 4 aromatic rings. The number of ether oxygens (including phenoxy) is 1. The summed E-state index contributed by atoms with van der Waals surface area (Å²) in [4.78, 5) is 41.7. The van der Waals surface area contributed by atoms with E-state index in [1.54, 1.807) is 0 Å². The van der Waals surface area contributed by atoms with Gasteiger partial charge in [-0.25, -0.2) is 14.5 Å². The van der Waals surface area contributed by atoms with Crippen LogP contribution in [0.15, 0.2) is 76.9 Å². The first-order valence-corrected chi connectivity index (χ1v) is 12.0. The zero-order chi connectivity index (χ0) is 24.8. The van der Waals surface area contributed by atoms with Crippen molar-refractivity contribution < 1.29 is 14.3 Å². The Hall–Kier alpha value is -4.11. The first-order valence-electron chi connectivity index (χ1n) is 11.1. The van der Waals surface area contributed by atoms with Gasteiger partial charge in [0.25, 0.3) is 11.5 Å². The van der Waals surface area contributed by atoms with Gasteiger partial charge in [0.05, 0.1) is 12.2 Å². The van der Waals surface area contributed by atoms with Gasteiger partial charge in [-0.15, -0.1) is 11.3 Å². The number of nitrogens with zero attached hydrogens (tertiary/aromatic N) is 3. The van der Waals surface area contributed by atoms with Gasteiger partial charge < -0.3 is 4.74 Å². The van der Waals surface area contributed by atoms with Gasteiger partial charge in [0.2, 0.25) is 0 Å². The van der Waals surface area contributed by atoms with Crippen LogP contribution in [0.4, 0.5) is 5.13 Å². The lowest BCUT2D eigenvalue weighted by molar-refractivity contribution is -0.123. The number of amides is 1. The first kappa shape index (κ1) is 24.0. The van der Waals surface area contributed by atoms with Crippen molar-refractivity contribution >= 4 is 28.3 Å². The summed E-state index contributed by atoms with van der Waals surface area (Å²) in [6.07, 6.45) is -0.131. The number of thiazole rings is 1. The highest BCUT2D eigenvalue weighted by Crippen LogP contribution is 2.25. The summed E-state index contributed by atoms with van der Waals surface area (Å²) in [6, 6.07) is 19.9. The van der Waals surface area contributed by atoms with Crippen molar-refractivity contribution in [2.75, 3.05) is 5.32 Å². The number of aromatic nitrogens is 3. The fourth-order valence-electron chi connectivity index (χ4n) is 3.28. The van der Waals surface area contributed by atoms with Crippen LogP contribution in [-0.4, -0.2) is 32.7 Å². The lowest BCUT2D eigenvalue weighted by atomic mass is 10.1. The molecule has 0 fully saturated rings. The molecule has 9 heteroatoms. The minimum atomic E-state index is -1.09. The molecule has 1 amide bonds. The lowest BCUT2D eigenvalue weighted by Crippen LogP contribution is -2.31. The quantitative estimate of drug-likeness (QED) is 0.374. The Morgan fingerprint density at radius 3 is 2.49 bits per heavy atom. The minimum absolute atomic E-state index is 0.0627. The van der Waals surface area contributed by atoms with Crippen LogP contribution in [0.25, 0.3) is 11.3 Å². The van der Waals surface area contributed by atoms with E-state index in [9.17, 15) is 14.4 Å². The number of carbonyl (C=O) groups is 2. The molecule has 0 saturated heterocycles. The highest BCUT2D eigenvalue weighted by atomic mass is 32.1. The average Bonchev–Trinajstić information content (AvgIpc) is 3.34. The summed E-state index contributed by atoms with van der Waals surface area (Å²) < 4.78 is 6.46. The van der Waals surface area contributed by atoms with Gasteiger partial charge in [-0.1, -0.05) is 61.5 Å². The third kappa shape index (κ3) is 6.07. The van der Waals surface area contributed by atoms with Crippen molar-refractivity contribution in [2.45, 2.75) is 32.9 Å². The maximum Gasteiger partial charge on any atom is 0.359 e. The molecule has 2 aromatic heterocycles. The summed E-state index contributed by atoms with van der Waals surface area (Å²) in [7, 11) is 0. The van der Waals surface area contributed by atoms with E-state index >= 15 is 0 Å². The smallest absolute Gasteiger partial charge is 0.359 e. The van der Waals surface area contributed by atoms with Crippen LogP contribution < -0.4 is 10.9 Å². The van der Waals surface area contributed by atoms with Crippen molar-refractivity contribution in [1.82, 2.24) is 14.8 Å². The van der Waals surface area contributed by atoms with Gasteiger partial charge in [-0.3, -0.25) is 14.9 Å². The zero-order valence-electron chi connectivity index (χ0n) is 19.3. The van der Waals surface area contributed by atoms with Gasteiger partial charge in [0.15, 0.2) is 16.9 Å². The number of nitrogens with one attached hydrogen (secondary N) is 1. The third-order valence-corrected chi connectivity index (χ3v) is 6.05. The molecule has 35 heavy (non-hydrogen) atoms. The fourth-order valence-corrected chi connectivity index (χ4v) is 4.01. The maximum absolute atomic E-state index is 12.6. The van der Waals surface area contributed by atoms with Crippen LogP contribution in [0, 0.1) is 0 Å². The number of aryl methyl sites for hydroxylation is 1. The van der Waals surface area contributed by atoms with E-state index in [4.69, 9.17) is 4.74 Å². The van der Waals surface area contributed by atoms with Gasteiger partial charge in [0.1, 0.15) is 0 Å². The molecule has 1 atom stereocenters. The van der Waals surface area contributed by atoms with Gasteiger partial charge in [-0.2, -0.15) is 5.10 Å². The van der Waals surface area contributed by atoms with Gasteiger partial charge in [0, 0.05) is 17.0 Å². The van der Waals surface area contributed by atoms with E-state index < -0.39 is 18.0 Å². The van der Waals surface area contributed by atoms with E-state index in [1.165, 1.54) is 40.6 Å². The number of carbonyl (C=O) groups excluding carboxylic acids is 2. The molecule has 1 N–H and O–H groups in total. The molecular weight excluding hydrogens is 464 g/mol. The Labute approximate surface area is 206 Å². The van der Waals surface area contributed by atoms with Gasteiger partial charge >= 0.3 is 5.97 Å². The van der Waals surface area contributed by atoms with Crippen molar-refractivity contribution in [3.05, 3.63) is 99.3 Å². The van der Waals surface area contributed by atoms with Crippen molar-refractivity contribution in [2.24, 2.45) is 0 Å². The Balaban J connectivity index is 1.38. The molecule has 0 aliphatic carbocycles. The SMILES string of the molecule is CCc1ccc(-c2csc(NC(=O)[C@@H](C)OC(=O)c3ccc(=O)n(Cc4ccccc4)n3)n2)cc1. The number of esters is 1. The van der Waals surface area contributed by atoms with E-state index in [2.05, 4.69) is 22.3 Å². The highest BCUT2D eigenvalue weighted by Gasteiger charge is 2.21. The minimum Gasteiger partial charge on any atom is -0.448 e. The molecule has 0 unspecified atom stereocenters. The average molecular weight is 489 g/mol. The normalized spacial score (nSPS) is 11.6. The number of benzene rings is 2. The molecule has 0 spiro atoms. The van der Waals surface area contributed by atoms with Crippen molar-refractivity contribution in [1.29, 1.82) is 0 Å². The number of anilines is 1. The molecule has 8 nitrogen and oxygen atoms in total. The van der Waals surface area contributed by atoms with Gasteiger partial charge in [-0.05, 0) is 30.5 Å². The van der Waals surface area contributed by atoms with Crippen LogP contribution >= 0.6 is 11.3 Å². The molecule has 0 aliphatic heterocycles.